The van der Waals surface area contributed by atoms with Gasteiger partial charge in [0.15, 0.2) is 4.90 Å². The lowest BCUT2D eigenvalue weighted by atomic mass is 10.2. The van der Waals surface area contributed by atoms with Crippen LogP contribution >= 0.6 is 11.3 Å². The number of aromatic nitrogens is 2. The van der Waals surface area contributed by atoms with Gasteiger partial charge >= 0.3 is 6.18 Å². The van der Waals surface area contributed by atoms with Gasteiger partial charge in [0.2, 0.25) is 10.0 Å². The first kappa shape index (κ1) is 23.6. The maximum absolute atomic E-state index is 12.8. The van der Waals surface area contributed by atoms with E-state index in [4.69, 9.17) is 0 Å². The van der Waals surface area contributed by atoms with Crippen LogP contribution in [-0.4, -0.2) is 29.7 Å². The smallest absolute Gasteiger partial charge is 0.268 e. The fourth-order valence-electron chi connectivity index (χ4n) is 2.75. The summed E-state index contributed by atoms with van der Waals surface area (Å²) in [5.74, 6) is 0. The van der Waals surface area contributed by atoms with E-state index in [0.29, 0.717) is 17.8 Å². The van der Waals surface area contributed by atoms with Crippen LogP contribution in [0.2, 0.25) is 0 Å². The van der Waals surface area contributed by atoms with E-state index < -0.39 is 48.9 Å². The summed E-state index contributed by atoms with van der Waals surface area (Å²) < 4.78 is 66.9. The number of nitro groups is 1. The van der Waals surface area contributed by atoms with Gasteiger partial charge in [0.25, 0.3) is 11.2 Å². The number of alkyl halides is 3. The van der Waals surface area contributed by atoms with E-state index in [1.54, 1.807) is 12.1 Å². The predicted octanol–water partition coefficient (Wildman–Crippen LogP) is 3.44. The van der Waals surface area contributed by atoms with Crippen molar-refractivity contribution in [1.82, 2.24) is 14.5 Å². The van der Waals surface area contributed by atoms with Crippen LogP contribution in [0.4, 0.5) is 18.9 Å². The Balaban J connectivity index is 1.86. The van der Waals surface area contributed by atoms with Crippen molar-refractivity contribution >= 4 is 27.0 Å². The molecule has 1 atom stereocenters. The van der Waals surface area contributed by atoms with Crippen molar-refractivity contribution in [2.24, 2.45) is 0 Å². The van der Waals surface area contributed by atoms with Crippen LogP contribution in [-0.2, 0) is 16.2 Å². The van der Waals surface area contributed by atoms with Crippen molar-refractivity contribution < 1.29 is 26.5 Å². The Morgan fingerprint density at radius 3 is 2.56 bits per heavy atom. The molecule has 170 valence electrons. The van der Waals surface area contributed by atoms with Gasteiger partial charge in [-0.25, -0.2) is 17.8 Å². The van der Waals surface area contributed by atoms with Gasteiger partial charge in [-0.1, -0.05) is 6.07 Å². The second-order valence-corrected chi connectivity index (χ2v) is 9.30. The molecule has 0 fully saturated rings. The van der Waals surface area contributed by atoms with Crippen LogP contribution in [0.3, 0.4) is 0 Å². The standard InChI is InChI=1S/C18H15F3N4O5S2/c1-11(24-17(26)7-5-13(23-24)15-3-2-8-31-15)10-22-32(29,30)16-6-4-12(18(19,20)21)9-14(16)25(27)28/h2-9,11,22H,10H2,1H3. The highest BCUT2D eigenvalue weighted by Gasteiger charge is 2.35. The number of nitrogens with zero attached hydrogens (tertiary/aromatic N) is 3. The number of rotatable bonds is 7. The molecule has 3 aromatic rings. The van der Waals surface area contributed by atoms with Crippen LogP contribution in [0.5, 0.6) is 0 Å². The topological polar surface area (TPSA) is 124 Å². The molecule has 2 aromatic heterocycles. The molecule has 0 aliphatic carbocycles. The van der Waals surface area contributed by atoms with Gasteiger partial charge in [-0.2, -0.15) is 18.3 Å². The summed E-state index contributed by atoms with van der Waals surface area (Å²) in [5.41, 5.74) is -2.57. The lowest BCUT2D eigenvalue weighted by Crippen LogP contribution is -2.35. The molecule has 3 rings (SSSR count). The molecule has 9 nitrogen and oxygen atoms in total. The highest BCUT2D eigenvalue weighted by molar-refractivity contribution is 7.89. The van der Waals surface area contributed by atoms with Crippen LogP contribution in [0.25, 0.3) is 10.6 Å². The normalized spacial score (nSPS) is 13.1. The van der Waals surface area contributed by atoms with Gasteiger partial charge in [0, 0.05) is 18.7 Å². The van der Waals surface area contributed by atoms with Gasteiger partial charge < -0.3 is 0 Å². The van der Waals surface area contributed by atoms with E-state index in [1.165, 1.54) is 30.4 Å². The van der Waals surface area contributed by atoms with Crippen molar-refractivity contribution in [2.45, 2.75) is 24.0 Å². The van der Waals surface area contributed by atoms with E-state index in [-0.39, 0.29) is 12.6 Å². The molecule has 2 heterocycles. The van der Waals surface area contributed by atoms with Crippen LogP contribution in [0.1, 0.15) is 18.5 Å². The number of nitro benzene ring substituents is 1. The lowest BCUT2D eigenvalue weighted by Gasteiger charge is -2.16. The second-order valence-electron chi connectivity index (χ2n) is 6.62. The Morgan fingerprint density at radius 2 is 1.97 bits per heavy atom. The summed E-state index contributed by atoms with van der Waals surface area (Å²) in [6.45, 7) is 1.11. The zero-order valence-electron chi connectivity index (χ0n) is 16.2. The minimum Gasteiger partial charge on any atom is -0.268 e. The Hall–Kier alpha value is -3.10. The largest absolute Gasteiger partial charge is 0.416 e. The highest BCUT2D eigenvalue weighted by atomic mass is 32.2. The summed E-state index contributed by atoms with van der Waals surface area (Å²) >= 11 is 1.39. The van der Waals surface area contributed by atoms with Crippen LogP contribution in [0, 0.1) is 10.1 Å². The minimum absolute atomic E-state index is 0.161. The average Bonchev–Trinajstić information content (AvgIpc) is 3.26. The van der Waals surface area contributed by atoms with E-state index >= 15 is 0 Å². The molecule has 32 heavy (non-hydrogen) atoms. The average molecular weight is 488 g/mol. The van der Waals surface area contributed by atoms with Gasteiger partial charge in [0.1, 0.15) is 5.69 Å². The molecule has 0 aliphatic rings. The maximum atomic E-state index is 12.8. The van der Waals surface area contributed by atoms with Crippen molar-refractivity contribution in [3.8, 4) is 10.6 Å². The molecule has 0 bridgehead atoms. The highest BCUT2D eigenvalue weighted by Crippen LogP contribution is 2.34. The van der Waals surface area contributed by atoms with Gasteiger partial charge in [-0.15, -0.1) is 11.3 Å². The summed E-state index contributed by atoms with van der Waals surface area (Å²) in [5, 5.41) is 17.2. The summed E-state index contributed by atoms with van der Waals surface area (Å²) in [4.78, 5) is 22.0. The molecule has 1 N–H and O–H groups in total. The molecule has 1 aromatic carbocycles. The number of sulfonamides is 1. The maximum Gasteiger partial charge on any atom is 0.416 e. The van der Waals surface area contributed by atoms with Crippen molar-refractivity contribution in [1.29, 1.82) is 0 Å². The van der Waals surface area contributed by atoms with Crippen LogP contribution in [0.15, 0.2) is 57.5 Å². The van der Waals surface area contributed by atoms with E-state index in [2.05, 4.69) is 9.82 Å². The summed E-state index contributed by atoms with van der Waals surface area (Å²) in [7, 11) is -4.57. The molecular formula is C18H15F3N4O5S2. The lowest BCUT2D eigenvalue weighted by molar-refractivity contribution is -0.388. The summed E-state index contributed by atoms with van der Waals surface area (Å²) in [6, 6.07) is 6.71. The first-order valence-corrected chi connectivity index (χ1v) is 11.3. The van der Waals surface area contributed by atoms with Gasteiger partial charge in [-0.05, 0) is 36.6 Å². The Labute approximate surface area is 183 Å². The molecule has 0 saturated heterocycles. The van der Waals surface area contributed by atoms with Gasteiger partial charge in [-0.3, -0.25) is 14.9 Å². The molecule has 1 unspecified atom stereocenters. The zero-order chi connectivity index (χ0) is 23.7. The third-order valence-electron chi connectivity index (χ3n) is 4.36. The number of hydrogen-bond acceptors (Lipinski definition) is 7. The quantitative estimate of drug-likeness (QED) is 0.401. The Morgan fingerprint density at radius 1 is 1.25 bits per heavy atom. The Bertz CT molecular complexity index is 1300. The fraction of sp³-hybridized carbons (Fsp3) is 0.222. The molecule has 0 saturated carbocycles. The van der Waals surface area contributed by atoms with E-state index in [1.807, 2.05) is 5.38 Å². The predicted molar refractivity (Wildman–Crippen MR) is 110 cm³/mol. The minimum atomic E-state index is -4.88. The monoisotopic (exact) mass is 488 g/mol. The molecule has 0 spiro atoms. The number of halogens is 3. The zero-order valence-corrected chi connectivity index (χ0v) is 17.9. The fourth-order valence-corrected chi connectivity index (χ4v) is 4.72. The molecular weight excluding hydrogens is 473 g/mol. The first-order valence-electron chi connectivity index (χ1n) is 8.89. The third-order valence-corrected chi connectivity index (χ3v) is 6.72. The van der Waals surface area contributed by atoms with Crippen molar-refractivity contribution in [2.75, 3.05) is 6.54 Å². The SMILES string of the molecule is CC(CNS(=O)(=O)c1ccc(C(F)(F)F)cc1[N+](=O)[O-])n1nc(-c2cccs2)ccc1=O. The van der Waals surface area contributed by atoms with Gasteiger partial charge in [0.05, 0.1) is 21.4 Å². The number of thiophene rings is 1. The molecule has 0 amide bonds. The summed E-state index contributed by atoms with van der Waals surface area (Å²) in [6.07, 6.45) is -4.88. The van der Waals surface area contributed by atoms with Crippen LogP contribution < -0.4 is 10.3 Å². The number of hydrogen-bond donors (Lipinski definition) is 1. The second kappa shape index (κ2) is 8.80. The number of benzene rings is 1. The van der Waals surface area contributed by atoms with Crippen molar-refractivity contribution in [3.05, 3.63) is 73.9 Å². The number of nitrogens with one attached hydrogen (secondary N) is 1. The first-order chi connectivity index (χ1) is 14.9. The Kier molecular flexibility index (Phi) is 6.48. The molecule has 0 radical (unpaired) electrons. The molecule has 0 aliphatic heterocycles. The van der Waals surface area contributed by atoms with E-state index in [0.717, 1.165) is 9.56 Å². The van der Waals surface area contributed by atoms with Crippen molar-refractivity contribution in [3.63, 3.8) is 0 Å². The third kappa shape index (κ3) is 5.03. The van der Waals surface area contributed by atoms with E-state index in [9.17, 15) is 36.5 Å². The molecule has 14 heteroatoms.